The third-order valence-electron chi connectivity index (χ3n) is 4.45. The lowest BCUT2D eigenvalue weighted by Crippen LogP contribution is -2.29. The Labute approximate surface area is 168 Å². The van der Waals surface area contributed by atoms with E-state index in [1.165, 1.54) is 7.11 Å². The SMILES string of the molecule is C=C(C)C(=O)OC(COC)COc1c2ccccc2cc2ccc(C(=O)O)cc12. The van der Waals surface area contributed by atoms with Crippen molar-refractivity contribution in [3.8, 4) is 5.75 Å². The average Bonchev–Trinajstić information content (AvgIpc) is 2.70. The van der Waals surface area contributed by atoms with Gasteiger partial charge in [-0.3, -0.25) is 0 Å². The van der Waals surface area contributed by atoms with Gasteiger partial charge in [0.05, 0.1) is 12.2 Å². The molecule has 29 heavy (non-hydrogen) atoms. The van der Waals surface area contributed by atoms with Crippen molar-refractivity contribution in [3.63, 3.8) is 0 Å². The van der Waals surface area contributed by atoms with Crippen LogP contribution in [0.2, 0.25) is 0 Å². The number of hydrogen-bond acceptors (Lipinski definition) is 5. The van der Waals surface area contributed by atoms with Crippen molar-refractivity contribution in [2.24, 2.45) is 0 Å². The first kappa shape index (κ1) is 20.4. The Bertz CT molecular complexity index is 1090. The fraction of sp³-hybridized carbons (Fsp3) is 0.217. The molecule has 0 saturated carbocycles. The molecule has 0 saturated heterocycles. The van der Waals surface area contributed by atoms with Crippen molar-refractivity contribution in [1.82, 2.24) is 0 Å². The predicted octanol–water partition coefficient (Wildman–Crippen LogP) is 4.20. The van der Waals surface area contributed by atoms with Crippen LogP contribution in [0.5, 0.6) is 5.75 Å². The molecule has 3 aromatic carbocycles. The molecule has 0 heterocycles. The van der Waals surface area contributed by atoms with Gasteiger partial charge in [-0.1, -0.05) is 36.9 Å². The second-order valence-corrected chi connectivity index (χ2v) is 6.74. The molecule has 0 spiro atoms. The van der Waals surface area contributed by atoms with Gasteiger partial charge >= 0.3 is 11.9 Å². The van der Waals surface area contributed by atoms with Gasteiger partial charge in [-0.05, 0) is 35.9 Å². The van der Waals surface area contributed by atoms with Crippen molar-refractivity contribution in [2.45, 2.75) is 13.0 Å². The monoisotopic (exact) mass is 394 g/mol. The molecule has 0 aliphatic rings. The highest BCUT2D eigenvalue weighted by molar-refractivity contribution is 6.07. The summed E-state index contributed by atoms with van der Waals surface area (Å²) in [6.45, 7) is 5.35. The van der Waals surface area contributed by atoms with Crippen molar-refractivity contribution in [1.29, 1.82) is 0 Å². The maximum Gasteiger partial charge on any atom is 0.335 e. The molecule has 0 radical (unpaired) electrons. The van der Waals surface area contributed by atoms with Crippen LogP contribution in [-0.2, 0) is 14.3 Å². The minimum atomic E-state index is -1.02. The highest BCUT2D eigenvalue weighted by Gasteiger charge is 2.18. The van der Waals surface area contributed by atoms with Gasteiger partial charge < -0.3 is 19.3 Å². The number of hydrogen-bond donors (Lipinski definition) is 1. The molecule has 0 aliphatic carbocycles. The number of aromatic carboxylic acids is 1. The Hall–Kier alpha value is -3.38. The van der Waals surface area contributed by atoms with Crippen LogP contribution in [0.3, 0.4) is 0 Å². The Morgan fingerprint density at radius 2 is 1.76 bits per heavy atom. The van der Waals surface area contributed by atoms with Crippen molar-refractivity contribution >= 4 is 33.5 Å². The first-order chi connectivity index (χ1) is 13.9. The van der Waals surface area contributed by atoms with Crippen LogP contribution in [0.1, 0.15) is 17.3 Å². The first-order valence-corrected chi connectivity index (χ1v) is 9.07. The third-order valence-corrected chi connectivity index (χ3v) is 4.45. The standard InChI is InChI=1S/C23H22O6/c1-14(2)23(26)29-18(12-27-3)13-28-21-19-7-5-4-6-15(19)10-16-8-9-17(22(24)25)11-20(16)21/h4-11,18H,1,12-13H2,2-3H3,(H,24,25). The topological polar surface area (TPSA) is 82.1 Å². The van der Waals surface area contributed by atoms with Crippen molar-refractivity contribution in [3.05, 3.63) is 66.2 Å². The highest BCUT2D eigenvalue weighted by atomic mass is 16.6. The fourth-order valence-electron chi connectivity index (χ4n) is 3.04. The van der Waals surface area contributed by atoms with Gasteiger partial charge in [-0.15, -0.1) is 0 Å². The lowest BCUT2D eigenvalue weighted by atomic mass is 10.00. The molecule has 6 heteroatoms. The van der Waals surface area contributed by atoms with E-state index >= 15 is 0 Å². The van der Waals surface area contributed by atoms with E-state index in [4.69, 9.17) is 14.2 Å². The number of benzene rings is 3. The van der Waals surface area contributed by atoms with Gasteiger partial charge in [0.15, 0.2) is 6.10 Å². The lowest BCUT2D eigenvalue weighted by molar-refractivity contribution is -0.148. The van der Waals surface area contributed by atoms with Gasteiger partial charge in [-0.25, -0.2) is 9.59 Å². The maximum absolute atomic E-state index is 11.9. The molecule has 0 fully saturated rings. The molecule has 1 unspecified atom stereocenters. The third kappa shape index (κ3) is 4.55. The molecule has 0 aliphatic heterocycles. The van der Waals surface area contributed by atoms with Crippen LogP contribution < -0.4 is 4.74 Å². The minimum Gasteiger partial charge on any atom is -0.488 e. The zero-order chi connectivity index (χ0) is 21.0. The molecular weight excluding hydrogens is 372 g/mol. The van der Waals surface area contributed by atoms with E-state index in [-0.39, 0.29) is 24.4 Å². The normalized spacial score (nSPS) is 11.9. The molecule has 0 bridgehead atoms. The summed E-state index contributed by atoms with van der Waals surface area (Å²) in [6.07, 6.45) is -0.638. The summed E-state index contributed by atoms with van der Waals surface area (Å²) in [6, 6.07) is 14.6. The van der Waals surface area contributed by atoms with Gasteiger partial charge in [0.2, 0.25) is 0 Å². The zero-order valence-electron chi connectivity index (χ0n) is 16.3. The summed E-state index contributed by atoms with van der Waals surface area (Å²) in [7, 11) is 1.51. The molecule has 1 atom stereocenters. The number of carboxylic acid groups (broad SMARTS) is 1. The van der Waals surface area contributed by atoms with Crippen LogP contribution in [0.15, 0.2) is 60.7 Å². The Kier molecular flexibility index (Phi) is 6.14. The number of carboxylic acids is 1. The average molecular weight is 394 g/mol. The van der Waals surface area contributed by atoms with E-state index in [2.05, 4.69) is 6.58 Å². The van der Waals surface area contributed by atoms with Crippen LogP contribution in [0, 0.1) is 0 Å². The molecule has 6 nitrogen and oxygen atoms in total. The summed E-state index contributed by atoms with van der Waals surface area (Å²) >= 11 is 0. The van der Waals surface area contributed by atoms with E-state index in [0.29, 0.717) is 11.1 Å². The number of rotatable bonds is 8. The number of fused-ring (bicyclic) bond motifs is 2. The fourth-order valence-corrected chi connectivity index (χ4v) is 3.04. The van der Waals surface area contributed by atoms with Crippen LogP contribution >= 0.6 is 0 Å². The number of esters is 1. The molecule has 0 aromatic heterocycles. The van der Waals surface area contributed by atoms with Crippen LogP contribution in [0.25, 0.3) is 21.5 Å². The Balaban J connectivity index is 2.02. The van der Waals surface area contributed by atoms with Gasteiger partial charge in [0.25, 0.3) is 0 Å². The highest BCUT2D eigenvalue weighted by Crippen LogP contribution is 2.35. The molecule has 150 valence electrons. The van der Waals surface area contributed by atoms with Gasteiger partial charge in [0, 0.05) is 23.5 Å². The second kappa shape index (κ2) is 8.75. The van der Waals surface area contributed by atoms with Gasteiger partial charge in [-0.2, -0.15) is 0 Å². The molecule has 0 amide bonds. The molecule has 3 aromatic rings. The smallest absolute Gasteiger partial charge is 0.335 e. The Morgan fingerprint density at radius 1 is 1.03 bits per heavy atom. The van der Waals surface area contributed by atoms with E-state index in [9.17, 15) is 14.7 Å². The molecular formula is C23H22O6. The van der Waals surface area contributed by atoms with Gasteiger partial charge in [0.1, 0.15) is 12.4 Å². The van der Waals surface area contributed by atoms with Crippen molar-refractivity contribution < 1.29 is 28.9 Å². The van der Waals surface area contributed by atoms with E-state index < -0.39 is 18.0 Å². The van der Waals surface area contributed by atoms with Crippen molar-refractivity contribution in [2.75, 3.05) is 20.3 Å². The van der Waals surface area contributed by atoms with E-state index in [1.807, 2.05) is 30.3 Å². The van der Waals surface area contributed by atoms with Crippen LogP contribution in [0.4, 0.5) is 0 Å². The number of carbonyl (C=O) groups is 2. The largest absolute Gasteiger partial charge is 0.488 e. The Morgan fingerprint density at radius 3 is 2.45 bits per heavy atom. The molecule has 1 N–H and O–H groups in total. The first-order valence-electron chi connectivity index (χ1n) is 9.07. The lowest BCUT2D eigenvalue weighted by Gasteiger charge is -2.20. The number of carbonyl (C=O) groups excluding carboxylic acids is 1. The second-order valence-electron chi connectivity index (χ2n) is 6.74. The zero-order valence-corrected chi connectivity index (χ0v) is 16.3. The minimum absolute atomic E-state index is 0.0489. The number of ether oxygens (including phenoxy) is 3. The number of methoxy groups -OCH3 is 1. The van der Waals surface area contributed by atoms with E-state index in [0.717, 1.165) is 16.2 Å². The predicted molar refractivity (Wildman–Crippen MR) is 110 cm³/mol. The summed E-state index contributed by atoms with van der Waals surface area (Å²) < 4.78 is 16.6. The van der Waals surface area contributed by atoms with E-state index in [1.54, 1.807) is 25.1 Å². The maximum atomic E-state index is 11.9. The molecule has 3 rings (SSSR count). The summed E-state index contributed by atoms with van der Waals surface area (Å²) in [5.41, 5.74) is 0.451. The quantitative estimate of drug-likeness (QED) is 0.350. The summed E-state index contributed by atoms with van der Waals surface area (Å²) in [5, 5.41) is 12.7. The summed E-state index contributed by atoms with van der Waals surface area (Å²) in [5.74, 6) is -1.00. The van der Waals surface area contributed by atoms with Crippen LogP contribution in [-0.4, -0.2) is 43.5 Å². The summed E-state index contributed by atoms with van der Waals surface area (Å²) in [4.78, 5) is 23.3.